The van der Waals surface area contributed by atoms with Gasteiger partial charge >= 0.3 is 0 Å². The second-order valence-electron chi connectivity index (χ2n) is 9.53. The second kappa shape index (κ2) is 11.6. The maximum absolute atomic E-state index is 13.3. The molecule has 4 aromatic rings. The van der Waals surface area contributed by atoms with Crippen molar-refractivity contribution in [3.63, 3.8) is 0 Å². The molecule has 6 nitrogen and oxygen atoms in total. The molecule has 1 heterocycles. The van der Waals surface area contributed by atoms with E-state index >= 15 is 0 Å². The maximum atomic E-state index is 13.3. The number of carbonyl (C=O) groups excluding carboxylic acids is 1. The summed E-state index contributed by atoms with van der Waals surface area (Å²) in [7, 11) is 0. The van der Waals surface area contributed by atoms with Gasteiger partial charge in [0.25, 0.3) is 5.91 Å². The number of nitrogens with zero attached hydrogens (tertiary/aromatic N) is 2. The number of aliphatic hydroxyl groups is 1. The van der Waals surface area contributed by atoms with Crippen LogP contribution in [0.4, 0.5) is 0 Å². The number of rotatable bonds is 7. The smallest absolute Gasteiger partial charge is 0.272 e. The number of aliphatic hydroxyl groups excluding tert-OH is 1. The number of halogens is 2. The van der Waals surface area contributed by atoms with Crippen molar-refractivity contribution in [2.75, 3.05) is 0 Å². The molecule has 1 fully saturated rings. The fourth-order valence-electron chi connectivity index (χ4n) is 4.83. The third-order valence-electron chi connectivity index (χ3n) is 6.88. The number of benzene rings is 3. The summed E-state index contributed by atoms with van der Waals surface area (Å²) in [4.78, 5) is 18.1. The Morgan fingerprint density at radius 1 is 1.05 bits per heavy atom. The Morgan fingerprint density at radius 3 is 2.50 bits per heavy atom. The first-order chi connectivity index (χ1) is 18.4. The van der Waals surface area contributed by atoms with E-state index in [1.807, 2.05) is 66.1 Å². The molecule has 0 aliphatic heterocycles. The average Bonchev–Trinajstić information content (AvgIpc) is 3.26. The van der Waals surface area contributed by atoms with Crippen LogP contribution in [0.1, 0.15) is 47.4 Å². The van der Waals surface area contributed by atoms with Gasteiger partial charge in [0, 0.05) is 16.3 Å². The second-order valence-corrected chi connectivity index (χ2v) is 10.4. The van der Waals surface area contributed by atoms with Crippen LogP contribution in [0.3, 0.4) is 0 Å². The molecular formula is C30H29Cl2N3O3. The maximum Gasteiger partial charge on any atom is 0.272 e. The highest BCUT2D eigenvalue weighted by Gasteiger charge is 2.28. The predicted molar refractivity (Wildman–Crippen MR) is 150 cm³/mol. The molecule has 8 heteroatoms. The van der Waals surface area contributed by atoms with Crippen LogP contribution in [0.2, 0.25) is 10.0 Å². The third-order valence-corrected chi connectivity index (χ3v) is 7.43. The zero-order valence-corrected chi connectivity index (χ0v) is 22.5. The van der Waals surface area contributed by atoms with Crippen molar-refractivity contribution >= 4 is 29.1 Å². The number of ether oxygens (including phenoxy) is 1. The van der Waals surface area contributed by atoms with E-state index in [9.17, 15) is 9.90 Å². The number of amides is 1. The molecular weight excluding hydrogens is 521 g/mol. The summed E-state index contributed by atoms with van der Waals surface area (Å²) >= 11 is 12.7. The third kappa shape index (κ3) is 5.73. The van der Waals surface area contributed by atoms with Crippen LogP contribution in [0.25, 0.3) is 17.1 Å². The van der Waals surface area contributed by atoms with E-state index in [1.165, 1.54) is 0 Å². The van der Waals surface area contributed by atoms with Crippen molar-refractivity contribution in [2.24, 2.45) is 0 Å². The van der Waals surface area contributed by atoms with Crippen molar-refractivity contribution in [3.05, 3.63) is 99.8 Å². The topological polar surface area (TPSA) is 76.4 Å². The Morgan fingerprint density at radius 2 is 1.79 bits per heavy atom. The van der Waals surface area contributed by atoms with Gasteiger partial charge in [-0.2, -0.15) is 0 Å². The number of carbonyl (C=O) groups is 1. The van der Waals surface area contributed by atoms with Crippen molar-refractivity contribution in [2.45, 2.75) is 51.4 Å². The molecule has 2 atom stereocenters. The van der Waals surface area contributed by atoms with Gasteiger partial charge in [-0.3, -0.25) is 9.36 Å². The van der Waals surface area contributed by atoms with Crippen LogP contribution in [0.15, 0.2) is 72.8 Å². The monoisotopic (exact) mass is 549 g/mol. The molecule has 1 aliphatic rings. The molecule has 1 aromatic heterocycles. The van der Waals surface area contributed by atoms with E-state index in [0.717, 1.165) is 36.3 Å². The number of imidazole rings is 1. The summed E-state index contributed by atoms with van der Waals surface area (Å²) in [6.45, 7) is 2.32. The van der Waals surface area contributed by atoms with Crippen LogP contribution in [0, 0.1) is 6.92 Å². The zero-order chi connectivity index (χ0) is 26.6. The standard InChI is InChI=1S/C30H29Cl2N3O3/c1-19-28(30(37)33-26-9-5-6-10-27(26)36)34-29(24-16-11-21(31)17-25(24)32)35(19)22-12-14-23(15-13-22)38-18-20-7-3-2-4-8-20/h2-4,7-8,11-17,26-27,36H,5-6,9-10,18H2,1H3,(H,33,37)/t26-,27-/m1/s1. The van der Waals surface area contributed by atoms with Gasteiger partial charge in [0.1, 0.15) is 23.9 Å². The Kier molecular flexibility index (Phi) is 8.03. The molecule has 196 valence electrons. The lowest BCUT2D eigenvalue weighted by atomic mass is 9.92. The van der Waals surface area contributed by atoms with Gasteiger partial charge in [0.15, 0.2) is 0 Å². The first-order valence-corrected chi connectivity index (χ1v) is 13.5. The highest BCUT2D eigenvalue weighted by Crippen LogP contribution is 2.34. The van der Waals surface area contributed by atoms with Crippen molar-refractivity contribution < 1.29 is 14.6 Å². The minimum Gasteiger partial charge on any atom is -0.489 e. The highest BCUT2D eigenvalue weighted by atomic mass is 35.5. The first kappa shape index (κ1) is 26.3. The van der Waals surface area contributed by atoms with Gasteiger partial charge in [-0.25, -0.2) is 4.98 Å². The van der Waals surface area contributed by atoms with E-state index < -0.39 is 6.10 Å². The Labute approximate surface area is 232 Å². The van der Waals surface area contributed by atoms with Crippen LogP contribution in [0.5, 0.6) is 5.75 Å². The molecule has 5 rings (SSSR count). The molecule has 1 amide bonds. The predicted octanol–water partition coefficient (Wildman–Crippen LogP) is 6.77. The fourth-order valence-corrected chi connectivity index (χ4v) is 5.33. The number of hydrogen-bond acceptors (Lipinski definition) is 4. The fraction of sp³-hybridized carbons (Fsp3) is 0.267. The molecule has 0 saturated heterocycles. The lowest BCUT2D eigenvalue weighted by Crippen LogP contribution is -2.45. The van der Waals surface area contributed by atoms with Gasteiger partial charge in [0.2, 0.25) is 0 Å². The van der Waals surface area contributed by atoms with Gasteiger partial charge in [-0.05, 0) is 67.8 Å². The van der Waals surface area contributed by atoms with E-state index in [4.69, 9.17) is 32.9 Å². The molecule has 1 saturated carbocycles. The van der Waals surface area contributed by atoms with Crippen LogP contribution >= 0.6 is 23.2 Å². The van der Waals surface area contributed by atoms with Gasteiger partial charge in [0.05, 0.1) is 22.9 Å². The first-order valence-electron chi connectivity index (χ1n) is 12.7. The molecule has 3 aromatic carbocycles. The summed E-state index contributed by atoms with van der Waals surface area (Å²) < 4.78 is 7.85. The summed E-state index contributed by atoms with van der Waals surface area (Å²) in [5.41, 5.74) is 3.49. The minimum atomic E-state index is -0.552. The average molecular weight is 550 g/mol. The largest absolute Gasteiger partial charge is 0.489 e. The number of hydrogen-bond donors (Lipinski definition) is 2. The molecule has 0 bridgehead atoms. The SMILES string of the molecule is Cc1c(C(=O)N[C@@H]2CCCC[C@H]2O)nc(-c2ccc(Cl)cc2Cl)n1-c1ccc(OCc2ccccc2)cc1. The zero-order valence-electron chi connectivity index (χ0n) is 21.0. The lowest BCUT2D eigenvalue weighted by molar-refractivity contribution is 0.0713. The summed E-state index contributed by atoms with van der Waals surface area (Å²) in [6, 6.07) is 22.5. The number of aromatic nitrogens is 2. The van der Waals surface area contributed by atoms with Crippen molar-refractivity contribution in [1.29, 1.82) is 0 Å². The van der Waals surface area contributed by atoms with Gasteiger partial charge in [-0.1, -0.05) is 66.4 Å². The van der Waals surface area contributed by atoms with Crippen LogP contribution < -0.4 is 10.1 Å². The summed E-state index contributed by atoms with van der Waals surface area (Å²) in [5, 5.41) is 14.3. The van der Waals surface area contributed by atoms with Crippen LogP contribution in [-0.4, -0.2) is 32.7 Å². The van der Waals surface area contributed by atoms with E-state index in [1.54, 1.807) is 18.2 Å². The van der Waals surface area contributed by atoms with Crippen molar-refractivity contribution in [1.82, 2.24) is 14.9 Å². The Hall–Kier alpha value is -3.32. The Balaban J connectivity index is 1.48. The quantitative estimate of drug-likeness (QED) is 0.266. The lowest BCUT2D eigenvalue weighted by Gasteiger charge is -2.28. The molecule has 0 unspecified atom stereocenters. The van der Waals surface area contributed by atoms with Gasteiger partial charge in [-0.15, -0.1) is 0 Å². The molecule has 1 aliphatic carbocycles. The number of nitrogens with one attached hydrogen (secondary N) is 1. The normalized spacial score (nSPS) is 17.3. The summed E-state index contributed by atoms with van der Waals surface area (Å²) in [6.07, 6.45) is 2.81. The molecule has 0 radical (unpaired) electrons. The highest BCUT2D eigenvalue weighted by molar-refractivity contribution is 6.36. The molecule has 38 heavy (non-hydrogen) atoms. The summed E-state index contributed by atoms with van der Waals surface area (Å²) in [5.74, 6) is 0.934. The van der Waals surface area contributed by atoms with Crippen LogP contribution in [-0.2, 0) is 6.61 Å². The minimum absolute atomic E-state index is 0.285. The van der Waals surface area contributed by atoms with E-state index in [2.05, 4.69) is 5.32 Å². The van der Waals surface area contributed by atoms with E-state index in [-0.39, 0.29) is 17.6 Å². The van der Waals surface area contributed by atoms with E-state index in [0.29, 0.717) is 40.2 Å². The Bertz CT molecular complexity index is 1420. The molecule has 0 spiro atoms. The molecule has 2 N–H and O–H groups in total. The van der Waals surface area contributed by atoms with Gasteiger partial charge < -0.3 is 15.2 Å². The van der Waals surface area contributed by atoms with Crippen molar-refractivity contribution in [3.8, 4) is 22.8 Å².